The number of nitrogens with one attached hydrogen (secondary N) is 2. The number of likely N-dealkylation sites (tertiary alicyclic amines) is 1. The number of pyridine rings is 1. The van der Waals surface area contributed by atoms with E-state index < -0.39 is 54.6 Å². The lowest BCUT2D eigenvalue weighted by Crippen LogP contribution is -2.59. The molecule has 2 saturated heterocycles. The Morgan fingerprint density at radius 1 is 1.07 bits per heavy atom. The first-order valence-electron chi connectivity index (χ1n) is 15.5. The van der Waals surface area contributed by atoms with Crippen LogP contribution in [-0.2, 0) is 19.0 Å². The summed E-state index contributed by atoms with van der Waals surface area (Å²) in [6, 6.07) is 7.79. The first kappa shape index (κ1) is 31.1. The molecule has 0 bridgehead atoms. The van der Waals surface area contributed by atoms with E-state index in [1.54, 1.807) is 6.20 Å². The minimum atomic E-state index is -1.13. The van der Waals surface area contributed by atoms with Gasteiger partial charge in [-0.15, -0.1) is 0 Å². The maximum atomic E-state index is 14.2. The van der Waals surface area contributed by atoms with Gasteiger partial charge in [0.2, 0.25) is 17.7 Å². The molecule has 1 aromatic heterocycles. The summed E-state index contributed by atoms with van der Waals surface area (Å²) in [5, 5.41) is 18.0. The molecule has 1 aromatic carbocycles. The van der Waals surface area contributed by atoms with Gasteiger partial charge in [0.1, 0.15) is 24.3 Å². The molecule has 1 aliphatic carbocycles. The summed E-state index contributed by atoms with van der Waals surface area (Å²) in [4.78, 5) is 46.8. The monoisotopic (exact) mass is 594 g/mol. The average Bonchev–Trinajstić information content (AvgIpc) is 3.59. The highest BCUT2D eigenvalue weighted by Crippen LogP contribution is 2.31. The van der Waals surface area contributed by atoms with Crippen molar-refractivity contribution in [1.82, 2.24) is 20.5 Å². The van der Waals surface area contributed by atoms with Crippen LogP contribution in [0.5, 0.6) is 5.88 Å². The number of alkyl carbamates (subject to hydrolysis) is 1. The Hall–Kier alpha value is -3.38. The average molecular weight is 595 g/mol. The summed E-state index contributed by atoms with van der Waals surface area (Å²) in [6.45, 7) is 6.14. The molecule has 1 saturated carbocycles. The molecule has 3 heterocycles. The predicted molar refractivity (Wildman–Crippen MR) is 161 cm³/mol. The lowest BCUT2D eigenvalue weighted by atomic mass is 9.76. The number of carbonyl (C=O) groups is 3. The Bertz CT molecular complexity index is 1290. The van der Waals surface area contributed by atoms with Gasteiger partial charge in [0, 0.05) is 24.6 Å². The fourth-order valence-corrected chi connectivity index (χ4v) is 6.19. The van der Waals surface area contributed by atoms with Gasteiger partial charge in [-0.1, -0.05) is 39.0 Å². The van der Waals surface area contributed by atoms with E-state index >= 15 is 0 Å². The zero-order valence-electron chi connectivity index (χ0n) is 25.3. The molecule has 12 heteroatoms. The third-order valence-electron chi connectivity index (χ3n) is 8.58. The molecule has 4 atom stereocenters. The van der Waals surface area contributed by atoms with Crippen molar-refractivity contribution in [3.8, 4) is 5.88 Å². The van der Waals surface area contributed by atoms with E-state index in [9.17, 15) is 19.4 Å². The number of ether oxygens (including phenoxy) is 2. The molecule has 3 amide bonds. The van der Waals surface area contributed by atoms with E-state index in [2.05, 4.69) is 15.6 Å². The molecule has 5 rings (SSSR count). The van der Waals surface area contributed by atoms with Crippen molar-refractivity contribution >= 4 is 35.8 Å². The van der Waals surface area contributed by atoms with Crippen molar-refractivity contribution in [2.75, 3.05) is 13.2 Å². The smallest absolute Gasteiger partial charge is 0.472 e. The largest absolute Gasteiger partial charge is 0.478 e. The van der Waals surface area contributed by atoms with Crippen LogP contribution in [0.25, 0.3) is 10.8 Å². The van der Waals surface area contributed by atoms with Crippen molar-refractivity contribution in [1.29, 1.82) is 0 Å². The highest BCUT2D eigenvalue weighted by atomic mass is 16.6. The number of nitrogens with zero attached hydrogens (tertiary/aromatic N) is 2. The summed E-state index contributed by atoms with van der Waals surface area (Å²) in [6.07, 6.45) is 6.38. The second-order valence-electron chi connectivity index (χ2n) is 12.9. The Kier molecular flexibility index (Phi) is 9.76. The van der Waals surface area contributed by atoms with E-state index in [4.69, 9.17) is 14.1 Å². The fraction of sp³-hybridized carbons (Fsp3) is 0.613. The van der Waals surface area contributed by atoms with E-state index in [0.717, 1.165) is 49.3 Å². The van der Waals surface area contributed by atoms with Crippen LogP contribution in [0.2, 0.25) is 0 Å². The molecule has 11 nitrogen and oxygen atoms in total. The van der Waals surface area contributed by atoms with Crippen molar-refractivity contribution < 1.29 is 33.5 Å². The number of fused-ring (bicyclic) bond motifs is 1. The van der Waals surface area contributed by atoms with Gasteiger partial charge < -0.3 is 34.7 Å². The summed E-state index contributed by atoms with van der Waals surface area (Å²) in [5.41, 5.74) is -0.672. The molecule has 43 heavy (non-hydrogen) atoms. The van der Waals surface area contributed by atoms with Crippen LogP contribution in [0, 0.1) is 5.41 Å². The van der Waals surface area contributed by atoms with E-state index in [-0.39, 0.29) is 19.1 Å². The summed E-state index contributed by atoms with van der Waals surface area (Å²) in [7, 11) is -1.13. The topological polar surface area (TPSA) is 139 Å². The molecule has 0 radical (unpaired) electrons. The fourth-order valence-electron chi connectivity index (χ4n) is 6.19. The van der Waals surface area contributed by atoms with Crippen LogP contribution in [0.4, 0.5) is 4.79 Å². The van der Waals surface area contributed by atoms with E-state index in [0.29, 0.717) is 18.9 Å². The van der Waals surface area contributed by atoms with Gasteiger partial charge in [0.05, 0.1) is 12.5 Å². The van der Waals surface area contributed by atoms with Crippen LogP contribution in [0.15, 0.2) is 36.5 Å². The zero-order valence-corrected chi connectivity index (χ0v) is 25.3. The second kappa shape index (κ2) is 13.5. The van der Waals surface area contributed by atoms with Gasteiger partial charge in [-0.25, -0.2) is 9.78 Å². The third-order valence-corrected chi connectivity index (χ3v) is 8.58. The van der Waals surface area contributed by atoms with Crippen molar-refractivity contribution in [3.05, 3.63) is 36.5 Å². The van der Waals surface area contributed by atoms with Crippen LogP contribution < -0.4 is 15.4 Å². The first-order chi connectivity index (χ1) is 20.6. The van der Waals surface area contributed by atoms with Crippen LogP contribution >= 0.6 is 0 Å². The quantitative estimate of drug-likeness (QED) is 0.415. The van der Waals surface area contributed by atoms with Crippen molar-refractivity contribution in [3.63, 3.8) is 0 Å². The first-order valence-corrected chi connectivity index (χ1v) is 15.5. The Labute approximate surface area is 253 Å². The Morgan fingerprint density at radius 2 is 1.81 bits per heavy atom. The molecule has 3 N–H and O–H groups in total. The van der Waals surface area contributed by atoms with E-state index in [1.807, 2.05) is 51.1 Å². The lowest BCUT2D eigenvalue weighted by molar-refractivity contribution is -0.142. The highest BCUT2D eigenvalue weighted by Gasteiger charge is 2.47. The van der Waals surface area contributed by atoms with Gasteiger partial charge in [0.15, 0.2) is 0 Å². The normalized spacial score (nSPS) is 24.0. The maximum absolute atomic E-state index is 14.2. The summed E-state index contributed by atoms with van der Waals surface area (Å²) >= 11 is 0. The molecule has 2 aromatic rings. The number of benzene rings is 1. The minimum Gasteiger partial charge on any atom is -0.472 e. The third kappa shape index (κ3) is 7.59. The number of amides is 3. The van der Waals surface area contributed by atoms with Crippen molar-refractivity contribution in [2.45, 2.75) is 102 Å². The SMILES string of the molecule is CC(C)(C)[C@@H](NC(=O)OC1CCCC1)C(=O)N1C[C@H](Oc2nccc3ccccc23)C[C@H]1C(=O)NC1CCCCOB1O. The molecule has 3 fully saturated rings. The van der Waals surface area contributed by atoms with Gasteiger partial charge >= 0.3 is 13.2 Å². The second-order valence-corrected chi connectivity index (χ2v) is 12.9. The Morgan fingerprint density at radius 3 is 2.58 bits per heavy atom. The Balaban J connectivity index is 1.37. The van der Waals surface area contributed by atoms with Crippen molar-refractivity contribution in [2.24, 2.45) is 5.41 Å². The van der Waals surface area contributed by atoms with Crippen LogP contribution in [-0.4, -0.2) is 83.3 Å². The van der Waals surface area contributed by atoms with Gasteiger partial charge in [-0.05, 0) is 67.9 Å². The standard InChI is InChI=1S/C31H43BN4O7/c1-31(2,3)26(35-30(39)43-21-11-5-6-12-21)29(38)36-19-22(42-28-23-13-7-4-10-20(23)15-16-33-28)18-24(36)27(37)34-25-14-8-9-17-41-32(25)40/h4,7,10,13,15-16,21-22,24-26,40H,5-6,8-9,11-12,14,17-19H2,1-3H3,(H,34,37)(H,35,39)/t22-,24+,25?,26+/m1/s1. The number of rotatable bonds is 7. The summed E-state index contributed by atoms with van der Waals surface area (Å²) < 4.78 is 17.4. The zero-order chi connectivity index (χ0) is 30.6. The maximum Gasteiger partial charge on any atom is 0.478 e. The number of hydrogen-bond acceptors (Lipinski definition) is 8. The molecular weight excluding hydrogens is 551 g/mol. The number of hydrogen-bond donors (Lipinski definition) is 3. The highest BCUT2D eigenvalue weighted by molar-refractivity contribution is 6.45. The van der Waals surface area contributed by atoms with Gasteiger partial charge in [-0.2, -0.15) is 0 Å². The molecule has 1 unspecified atom stereocenters. The van der Waals surface area contributed by atoms with Crippen LogP contribution in [0.1, 0.15) is 72.1 Å². The summed E-state index contributed by atoms with van der Waals surface area (Å²) in [5.74, 6) is -0.967. The van der Waals surface area contributed by atoms with Gasteiger partial charge in [0.25, 0.3) is 0 Å². The predicted octanol–water partition coefficient (Wildman–Crippen LogP) is 3.37. The molecule has 2 aliphatic heterocycles. The lowest BCUT2D eigenvalue weighted by Gasteiger charge is -2.35. The van der Waals surface area contributed by atoms with E-state index in [1.165, 1.54) is 4.90 Å². The molecule has 232 valence electrons. The molecular formula is C31H43BN4O7. The molecule has 3 aliphatic rings. The van der Waals surface area contributed by atoms with Crippen LogP contribution in [0.3, 0.4) is 0 Å². The molecule has 0 spiro atoms. The minimum absolute atomic E-state index is 0.122. The van der Waals surface area contributed by atoms with Gasteiger partial charge in [-0.3, -0.25) is 9.59 Å². The number of aromatic nitrogens is 1. The number of carbonyl (C=O) groups excluding carboxylic acids is 3.